The van der Waals surface area contributed by atoms with E-state index in [0.29, 0.717) is 11.7 Å². The minimum absolute atomic E-state index is 0.329. The number of likely N-dealkylation sites (tertiary alicyclic amines) is 1. The number of aliphatic hydroxyl groups excluding tert-OH is 1. The van der Waals surface area contributed by atoms with Crippen LogP contribution in [0.25, 0.3) is 10.6 Å². The second-order valence-corrected chi connectivity index (χ2v) is 7.52. The Morgan fingerprint density at radius 3 is 2.72 bits per heavy atom. The van der Waals surface area contributed by atoms with Gasteiger partial charge in [0.25, 0.3) is 0 Å². The van der Waals surface area contributed by atoms with Crippen LogP contribution in [0.15, 0.2) is 35.8 Å². The molecule has 1 atom stereocenters. The Labute approximate surface area is 150 Å². The van der Waals surface area contributed by atoms with Crippen LogP contribution in [0.5, 0.6) is 0 Å². The average molecular weight is 355 g/mol. The molecule has 2 aromatic heterocycles. The van der Waals surface area contributed by atoms with Crippen molar-refractivity contribution in [3.05, 3.63) is 52.8 Å². The number of nitrogens with zero attached hydrogens (tertiary/aromatic N) is 5. The van der Waals surface area contributed by atoms with Crippen molar-refractivity contribution >= 4 is 11.3 Å². The monoisotopic (exact) mass is 355 g/mol. The first-order valence-electron chi connectivity index (χ1n) is 8.42. The number of hydrogen-bond donors (Lipinski definition) is 1. The minimum Gasteiger partial charge on any atom is -0.387 e. The quantitative estimate of drug-likeness (QED) is 0.762. The normalized spacial score (nSPS) is 16.8. The van der Waals surface area contributed by atoms with Gasteiger partial charge in [0.05, 0.1) is 24.0 Å². The molecule has 1 aliphatic rings. The van der Waals surface area contributed by atoms with E-state index in [1.165, 1.54) is 11.1 Å². The molecule has 0 aliphatic carbocycles. The molecule has 1 unspecified atom stereocenters. The first-order valence-corrected chi connectivity index (χ1v) is 9.30. The van der Waals surface area contributed by atoms with Gasteiger partial charge < -0.3 is 5.11 Å². The van der Waals surface area contributed by atoms with Gasteiger partial charge in [-0.2, -0.15) is 0 Å². The van der Waals surface area contributed by atoms with Gasteiger partial charge in [-0.3, -0.25) is 4.90 Å². The summed E-state index contributed by atoms with van der Waals surface area (Å²) in [6.45, 7) is 6.52. The predicted octanol–water partition coefficient (Wildman–Crippen LogP) is 2.82. The van der Waals surface area contributed by atoms with Gasteiger partial charge in [-0.25, -0.2) is 9.67 Å². The molecular formula is C18H21N5OS. The predicted molar refractivity (Wildman–Crippen MR) is 97.3 cm³/mol. The Bertz CT molecular complexity index is 848. The third-order valence-electron chi connectivity index (χ3n) is 4.50. The zero-order valence-corrected chi connectivity index (χ0v) is 15.1. The lowest BCUT2D eigenvalue weighted by atomic mass is 10.1. The van der Waals surface area contributed by atoms with Crippen molar-refractivity contribution in [2.45, 2.75) is 32.5 Å². The summed E-state index contributed by atoms with van der Waals surface area (Å²) in [5.74, 6) is 0. The van der Waals surface area contributed by atoms with Crippen molar-refractivity contribution in [3.63, 3.8) is 0 Å². The van der Waals surface area contributed by atoms with Crippen LogP contribution in [-0.4, -0.2) is 43.1 Å². The number of benzene rings is 1. The van der Waals surface area contributed by atoms with Crippen molar-refractivity contribution in [1.82, 2.24) is 24.9 Å². The highest BCUT2D eigenvalue weighted by molar-refractivity contribution is 7.13. The summed E-state index contributed by atoms with van der Waals surface area (Å²) in [4.78, 5) is 7.12. The van der Waals surface area contributed by atoms with Gasteiger partial charge in [0.2, 0.25) is 0 Å². The molecule has 3 aromatic rings. The molecule has 1 aliphatic heterocycles. The molecule has 6 nitrogen and oxygen atoms in total. The Morgan fingerprint density at radius 2 is 2.04 bits per heavy atom. The first kappa shape index (κ1) is 16.4. The standard InChI is InChI=1S/C18H21N5OS/c1-12-3-5-14(6-4-12)18-19-15(11-25-18)7-22-8-16(9-22)23-10-17(13(2)24)20-21-23/h3-6,10-11,13,16,24H,7-9H2,1-2H3. The van der Waals surface area contributed by atoms with Crippen LogP contribution >= 0.6 is 11.3 Å². The fourth-order valence-corrected chi connectivity index (χ4v) is 3.75. The molecule has 0 amide bonds. The van der Waals surface area contributed by atoms with E-state index in [1.54, 1.807) is 18.3 Å². The zero-order valence-electron chi connectivity index (χ0n) is 14.3. The maximum atomic E-state index is 9.53. The molecule has 130 valence electrons. The van der Waals surface area contributed by atoms with E-state index in [2.05, 4.69) is 51.8 Å². The SMILES string of the molecule is Cc1ccc(-c2nc(CN3CC(n4cc(C(C)O)nn4)C3)cs2)cc1. The largest absolute Gasteiger partial charge is 0.387 e. The Hall–Kier alpha value is -2.09. The topological polar surface area (TPSA) is 67.1 Å². The molecule has 1 fully saturated rings. The summed E-state index contributed by atoms with van der Waals surface area (Å²) in [5.41, 5.74) is 4.18. The van der Waals surface area contributed by atoms with E-state index in [9.17, 15) is 5.11 Å². The molecule has 3 heterocycles. The van der Waals surface area contributed by atoms with Crippen LogP contribution in [0.3, 0.4) is 0 Å². The smallest absolute Gasteiger partial charge is 0.123 e. The number of aliphatic hydroxyl groups is 1. The van der Waals surface area contributed by atoms with E-state index >= 15 is 0 Å². The molecule has 0 spiro atoms. The number of hydrogen-bond acceptors (Lipinski definition) is 6. The van der Waals surface area contributed by atoms with E-state index in [4.69, 9.17) is 4.98 Å². The molecule has 0 radical (unpaired) electrons. The number of thiazole rings is 1. The summed E-state index contributed by atoms with van der Waals surface area (Å²) in [6.07, 6.45) is 1.27. The van der Waals surface area contributed by atoms with Crippen LogP contribution in [0.2, 0.25) is 0 Å². The van der Waals surface area contributed by atoms with Crippen LogP contribution in [-0.2, 0) is 6.54 Å². The lowest BCUT2D eigenvalue weighted by molar-refractivity contribution is 0.0884. The van der Waals surface area contributed by atoms with Crippen LogP contribution in [0.1, 0.15) is 36.0 Å². The number of rotatable bonds is 5. The molecule has 25 heavy (non-hydrogen) atoms. The highest BCUT2D eigenvalue weighted by Gasteiger charge is 2.29. The lowest BCUT2D eigenvalue weighted by Gasteiger charge is -2.38. The number of aromatic nitrogens is 4. The molecule has 1 aromatic carbocycles. The van der Waals surface area contributed by atoms with Crippen molar-refractivity contribution in [2.24, 2.45) is 0 Å². The second kappa shape index (κ2) is 6.67. The lowest BCUT2D eigenvalue weighted by Crippen LogP contribution is -2.47. The van der Waals surface area contributed by atoms with Gasteiger partial charge >= 0.3 is 0 Å². The fraction of sp³-hybridized carbons (Fsp3) is 0.389. The van der Waals surface area contributed by atoms with Gasteiger partial charge in [0.1, 0.15) is 10.7 Å². The van der Waals surface area contributed by atoms with Crippen molar-refractivity contribution in [1.29, 1.82) is 0 Å². The van der Waals surface area contributed by atoms with Gasteiger partial charge in [-0.15, -0.1) is 16.4 Å². The summed E-state index contributed by atoms with van der Waals surface area (Å²) < 4.78 is 1.86. The molecular weight excluding hydrogens is 334 g/mol. The van der Waals surface area contributed by atoms with E-state index in [0.717, 1.165) is 30.3 Å². The first-order chi connectivity index (χ1) is 12.1. The van der Waals surface area contributed by atoms with E-state index in [-0.39, 0.29) is 0 Å². The molecule has 0 bridgehead atoms. The Balaban J connectivity index is 1.34. The van der Waals surface area contributed by atoms with Gasteiger partial charge in [0.15, 0.2) is 0 Å². The van der Waals surface area contributed by atoms with Gasteiger partial charge in [0, 0.05) is 30.6 Å². The maximum Gasteiger partial charge on any atom is 0.123 e. The molecule has 1 N–H and O–H groups in total. The Morgan fingerprint density at radius 1 is 1.28 bits per heavy atom. The van der Waals surface area contributed by atoms with E-state index in [1.807, 2.05) is 10.9 Å². The van der Waals surface area contributed by atoms with Crippen LogP contribution in [0.4, 0.5) is 0 Å². The molecule has 7 heteroatoms. The van der Waals surface area contributed by atoms with Crippen molar-refractivity contribution in [3.8, 4) is 10.6 Å². The van der Waals surface area contributed by atoms with Gasteiger partial charge in [-0.05, 0) is 13.8 Å². The Kier molecular flexibility index (Phi) is 4.37. The van der Waals surface area contributed by atoms with Crippen LogP contribution in [0, 0.1) is 6.92 Å². The maximum absolute atomic E-state index is 9.53. The van der Waals surface area contributed by atoms with Crippen molar-refractivity contribution in [2.75, 3.05) is 13.1 Å². The molecule has 4 rings (SSSR count). The number of aryl methyl sites for hydroxylation is 1. The molecule has 0 saturated carbocycles. The summed E-state index contributed by atoms with van der Waals surface area (Å²) in [6, 6.07) is 8.83. The zero-order chi connectivity index (χ0) is 17.4. The summed E-state index contributed by atoms with van der Waals surface area (Å²) >= 11 is 1.70. The third-order valence-corrected chi connectivity index (χ3v) is 5.44. The average Bonchev–Trinajstić information content (AvgIpc) is 3.21. The summed E-state index contributed by atoms with van der Waals surface area (Å²) in [7, 11) is 0. The molecule has 1 saturated heterocycles. The van der Waals surface area contributed by atoms with Crippen LogP contribution < -0.4 is 0 Å². The highest BCUT2D eigenvalue weighted by Crippen LogP contribution is 2.27. The van der Waals surface area contributed by atoms with Gasteiger partial charge in [-0.1, -0.05) is 35.0 Å². The fourth-order valence-electron chi connectivity index (χ4n) is 2.94. The second-order valence-electron chi connectivity index (χ2n) is 6.66. The summed E-state index contributed by atoms with van der Waals surface area (Å²) in [5, 5.41) is 20.9. The highest BCUT2D eigenvalue weighted by atomic mass is 32.1. The third kappa shape index (κ3) is 3.49. The van der Waals surface area contributed by atoms with Crippen molar-refractivity contribution < 1.29 is 5.11 Å². The van der Waals surface area contributed by atoms with E-state index < -0.39 is 6.10 Å². The minimum atomic E-state index is -0.569.